The van der Waals surface area contributed by atoms with Crippen molar-refractivity contribution in [1.82, 2.24) is 0 Å². The quantitative estimate of drug-likeness (QED) is 0.128. The van der Waals surface area contributed by atoms with Crippen LogP contribution < -0.4 is 0 Å². The van der Waals surface area contributed by atoms with Crippen molar-refractivity contribution in [3.8, 4) is 0 Å². The summed E-state index contributed by atoms with van der Waals surface area (Å²) in [4.78, 5) is 37.2. The molecule has 0 aromatic rings. The highest BCUT2D eigenvalue weighted by atomic mass is 27.3. The second-order valence-electron chi connectivity index (χ2n) is 14.1. The molecule has 0 atom stereocenters. The zero-order valence-electron chi connectivity index (χ0n) is 25.6. The molecular weight excluding hydrogens is 483 g/mol. The van der Waals surface area contributed by atoms with E-state index in [0.717, 1.165) is 57.8 Å². The minimum atomic E-state index is -3.21. The van der Waals surface area contributed by atoms with Gasteiger partial charge < -0.3 is 11.4 Å². The number of carbonyl (C=O) groups is 3. The monoisotopic (exact) mass is 540 g/mol. The van der Waals surface area contributed by atoms with Crippen LogP contribution in [0.4, 0.5) is 0 Å². The molecule has 7 heteroatoms. The Morgan fingerprint density at radius 2 is 0.676 bits per heavy atom. The van der Waals surface area contributed by atoms with Gasteiger partial charge in [0, 0.05) is 19.3 Å². The van der Waals surface area contributed by atoms with Crippen LogP contribution in [-0.2, 0) is 25.7 Å². The third-order valence-corrected chi connectivity index (χ3v) is 7.47. The van der Waals surface area contributed by atoms with Gasteiger partial charge in [0.25, 0.3) is 17.9 Å². The molecule has 0 aliphatic rings. The van der Waals surface area contributed by atoms with E-state index in [-0.39, 0.29) is 35.5 Å². The predicted octanol–water partition coefficient (Wildman–Crippen LogP) is 8.59. The molecule has 0 amide bonds. The summed E-state index contributed by atoms with van der Waals surface area (Å²) in [7, 11) is 0. The fourth-order valence-electron chi connectivity index (χ4n) is 3.88. The largest absolute Gasteiger partial charge is 1.20 e. The van der Waals surface area contributed by atoms with Gasteiger partial charge in [0.2, 0.25) is 0 Å². The molecule has 0 saturated carbocycles. The number of carbonyl (C=O) groups excluding carboxylic acids is 3. The van der Waals surface area contributed by atoms with Crippen LogP contribution >= 0.6 is 0 Å². The van der Waals surface area contributed by atoms with Crippen LogP contribution in [0.2, 0.25) is 0 Å². The third-order valence-electron chi connectivity index (χ3n) is 6.11. The van der Waals surface area contributed by atoms with Crippen LogP contribution in [0.1, 0.15) is 159 Å². The lowest BCUT2D eigenvalue weighted by atomic mass is 9.89. The zero-order valence-corrected chi connectivity index (χ0v) is 26.8. The van der Waals surface area contributed by atoms with Crippen molar-refractivity contribution in [2.24, 2.45) is 16.2 Å². The number of rotatable bonds is 18. The second-order valence-corrected chi connectivity index (χ2v) is 15.4. The SMILES string of the molecule is CC(C)(C)CCCCCC(=O)[O][Al]([O]C(=O)CCCCCC(C)(C)C)[O]C(=O)CCCCCC(C)(C)C. The Morgan fingerprint density at radius 1 is 0.432 bits per heavy atom. The van der Waals surface area contributed by atoms with Crippen molar-refractivity contribution in [3.05, 3.63) is 0 Å². The van der Waals surface area contributed by atoms with Gasteiger partial charge in [-0.05, 0) is 54.8 Å². The van der Waals surface area contributed by atoms with Crippen LogP contribution in [0.25, 0.3) is 0 Å². The molecule has 216 valence electrons. The van der Waals surface area contributed by atoms with Gasteiger partial charge >= 0.3 is 15.1 Å². The maximum absolute atomic E-state index is 12.4. The van der Waals surface area contributed by atoms with Crippen molar-refractivity contribution >= 4 is 33.1 Å². The van der Waals surface area contributed by atoms with Gasteiger partial charge in [-0.15, -0.1) is 0 Å². The molecule has 0 N–H and O–H groups in total. The summed E-state index contributed by atoms with van der Waals surface area (Å²) < 4.78 is 16.2. The van der Waals surface area contributed by atoms with Crippen molar-refractivity contribution in [2.45, 2.75) is 159 Å². The maximum Gasteiger partial charge on any atom is 1.20 e. The standard InChI is InChI=1S/3C10H20O2.Al/c3*1-10(2,3)8-6-4-5-7-9(11)12;/h3*4-8H2,1-3H3,(H,11,12);/q;;;+3/p-3. The highest BCUT2D eigenvalue weighted by molar-refractivity contribution is 6.44. The summed E-state index contributed by atoms with van der Waals surface area (Å²) in [5, 5.41) is 0. The van der Waals surface area contributed by atoms with Gasteiger partial charge in [-0.25, -0.2) is 0 Å². The first-order valence-corrected chi connectivity index (χ1v) is 16.0. The van der Waals surface area contributed by atoms with Crippen LogP contribution in [0, 0.1) is 16.2 Å². The predicted molar refractivity (Wildman–Crippen MR) is 152 cm³/mol. The smallest absolute Gasteiger partial charge is 0.551 e. The van der Waals surface area contributed by atoms with E-state index in [0.29, 0.717) is 19.3 Å². The van der Waals surface area contributed by atoms with Crippen molar-refractivity contribution < 1.29 is 25.7 Å². The van der Waals surface area contributed by atoms with Gasteiger partial charge in [-0.3, -0.25) is 14.4 Å². The van der Waals surface area contributed by atoms with Gasteiger partial charge in [0.15, 0.2) is 0 Å². The average molecular weight is 541 g/mol. The minimum absolute atomic E-state index is 0.238. The van der Waals surface area contributed by atoms with E-state index >= 15 is 0 Å². The molecule has 0 aliphatic heterocycles. The van der Waals surface area contributed by atoms with E-state index in [4.69, 9.17) is 11.4 Å². The Labute approximate surface area is 233 Å². The summed E-state index contributed by atoms with van der Waals surface area (Å²) in [6.45, 7) is 19.8. The molecule has 0 aromatic heterocycles. The van der Waals surface area contributed by atoms with Crippen molar-refractivity contribution in [3.63, 3.8) is 0 Å². The molecule has 0 rings (SSSR count). The summed E-state index contributed by atoms with van der Waals surface area (Å²) in [6, 6.07) is 0. The van der Waals surface area contributed by atoms with Crippen LogP contribution in [-0.4, -0.2) is 33.1 Å². The van der Waals surface area contributed by atoms with Crippen LogP contribution in [0.15, 0.2) is 0 Å². The highest BCUT2D eigenvalue weighted by Crippen LogP contribution is 2.24. The van der Waals surface area contributed by atoms with Gasteiger partial charge in [-0.2, -0.15) is 0 Å². The lowest BCUT2D eigenvalue weighted by Gasteiger charge is -2.18. The van der Waals surface area contributed by atoms with E-state index in [9.17, 15) is 14.4 Å². The van der Waals surface area contributed by atoms with Gasteiger partial charge in [-0.1, -0.05) is 101 Å². The van der Waals surface area contributed by atoms with E-state index in [1.165, 1.54) is 0 Å². The maximum atomic E-state index is 12.4. The summed E-state index contributed by atoms with van der Waals surface area (Å²) in [6.07, 6.45) is 12.1. The summed E-state index contributed by atoms with van der Waals surface area (Å²) >= 11 is -3.21. The average Bonchev–Trinajstić information content (AvgIpc) is 2.70. The second kappa shape index (κ2) is 18.3. The fourth-order valence-corrected chi connectivity index (χ4v) is 5.02. The number of hydrogen-bond acceptors (Lipinski definition) is 6. The highest BCUT2D eigenvalue weighted by Gasteiger charge is 2.48. The van der Waals surface area contributed by atoms with Crippen LogP contribution in [0.5, 0.6) is 0 Å². The molecule has 0 unspecified atom stereocenters. The first kappa shape index (κ1) is 35.9. The third kappa shape index (κ3) is 26.3. The lowest BCUT2D eigenvalue weighted by molar-refractivity contribution is -0.148. The van der Waals surface area contributed by atoms with Crippen molar-refractivity contribution in [2.75, 3.05) is 0 Å². The van der Waals surface area contributed by atoms with Gasteiger partial charge in [0.05, 0.1) is 0 Å². The van der Waals surface area contributed by atoms with Gasteiger partial charge in [0.1, 0.15) is 0 Å². The zero-order chi connectivity index (χ0) is 28.5. The number of hydrogen-bond donors (Lipinski definition) is 0. The molecule has 0 aliphatic carbocycles. The normalized spacial score (nSPS) is 12.2. The van der Waals surface area contributed by atoms with E-state index in [1.54, 1.807) is 0 Å². The molecule has 0 saturated heterocycles. The first-order valence-electron chi connectivity index (χ1n) is 14.6. The lowest BCUT2D eigenvalue weighted by Crippen LogP contribution is -2.34. The van der Waals surface area contributed by atoms with Crippen LogP contribution in [0.3, 0.4) is 0 Å². The Kier molecular flexibility index (Phi) is 17.7. The number of unbranched alkanes of at least 4 members (excludes halogenated alkanes) is 6. The molecule has 0 bridgehead atoms. The minimum Gasteiger partial charge on any atom is -0.551 e. The molecule has 0 radical (unpaired) electrons. The fraction of sp³-hybridized carbons (Fsp3) is 0.900. The molecule has 0 fully saturated rings. The molecule has 6 nitrogen and oxygen atoms in total. The molecular formula is C30H57AlO6. The Balaban J connectivity index is 4.61. The molecule has 0 spiro atoms. The molecule has 37 heavy (non-hydrogen) atoms. The Hall–Kier alpha value is -1.06. The summed E-state index contributed by atoms with van der Waals surface area (Å²) in [5.41, 5.74) is 0.835. The Bertz CT molecular complexity index is 564. The van der Waals surface area contributed by atoms with E-state index < -0.39 is 33.1 Å². The Morgan fingerprint density at radius 3 is 0.892 bits per heavy atom. The van der Waals surface area contributed by atoms with E-state index in [1.807, 2.05) is 0 Å². The molecule has 0 aromatic carbocycles. The van der Waals surface area contributed by atoms with Crippen molar-refractivity contribution in [1.29, 1.82) is 0 Å². The first-order chi connectivity index (χ1) is 17.0. The summed E-state index contributed by atoms with van der Waals surface area (Å²) in [5.74, 6) is -1.37. The van der Waals surface area contributed by atoms with E-state index in [2.05, 4.69) is 62.3 Å². The molecule has 0 heterocycles. The topological polar surface area (TPSA) is 78.9 Å².